The Bertz CT molecular complexity index is 609. The zero-order valence-corrected chi connectivity index (χ0v) is 11.2. The van der Waals surface area contributed by atoms with Gasteiger partial charge in [0.25, 0.3) is 0 Å². The van der Waals surface area contributed by atoms with Crippen LogP contribution in [0.1, 0.15) is 10.5 Å². The molecule has 0 bridgehead atoms. The van der Waals surface area contributed by atoms with Crippen LogP contribution in [0.2, 0.25) is 0 Å². The normalized spacial score (nSPS) is 10.3. The lowest BCUT2D eigenvalue weighted by atomic mass is 10.3. The Morgan fingerprint density at radius 2 is 2.17 bits per heavy atom. The molecule has 0 saturated carbocycles. The Kier molecular flexibility index (Phi) is 3.93. The standard InChI is InChI=1S/C11H6BrFN2O2S/c12-6-3-8(13)10(15-5-6)18-7-1-2-14-9(4-7)11(16)17/h1-5H,(H,16,17). The zero-order chi connectivity index (χ0) is 13.1. The van der Waals surface area contributed by atoms with Gasteiger partial charge in [-0.05, 0) is 34.1 Å². The van der Waals surface area contributed by atoms with E-state index in [4.69, 9.17) is 5.11 Å². The maximum atomic E-state index is 13.5. The summed E-state index contributed by atoms with van der Waals surface area (Å²) in [5.41, 5.74) is -0.0856. The van der Waals surface area contributed by atoms with Crippen molar-refractivity contribution in [3.8, 4) is 0 Å². The summed E-state index contributed by atoms with van der Waals surface area (Å²) >= 11 is 4.16. The van der Waals surface area contributed by atoms with Crippen LogP contribution < -0.4 is 0 Å². The first kappa shape index (κ1) is 13.0. The number of aromatic nitrogens is 2. The Labute approximate surface area is 114 Å². The van der Waals surface area contributed by atoms with Crippen LogP contribution in [0.25, 0.3) is 0 Å². The molecule has 0 amide bonds. The van der Waals surface area contributed by atoms with Crippen molar-refractivity contribution in [3.05, 3.63) is 46.6 Å². The van der Waals surface area contributed by atoms with Crippen LogP contribution >= 0.6 is 27.7 Å². The molecule has 0 atom stereocenters. The average Bonchev–Trinajstić information content (AvgIpc) is 2.33. The number of nitrogens with zero attached hydrogens (tertiary/aromatic N) is 2. The highest BCUT2D eigenvalue weighted by Crippen LogP contribution is 2.29. The second-order valence-electron chi connectivity index (χ2n) is 3.22. The van der Waals surface area contributed by atoms with Crippen LogP contribution in [0, 0.1) is 5.82 Å². The number of hydrogen-bond donors (Lipinski definition) is 1. The van der Waals surface area contributed by atoms with Gasteiger partial charge in [0.05, 0.1) is 0 Å². The average molecular weight is 329 g/mol. The fraction of sp³-hybridized carbons (Fsp3) is 0. The van der Waals surface area contributed by atoms with Gasteiger partial charge in [0.2, 0.25) is 0 Å². The minimum absolute atomic E-state index is 0.0856. The number of carboxylic acids is 1. The summed E-state index contributed by atoms with van der Waals surface area (Å²) in [6.45, 7) is 0. The number of carboxylic acid groups (broad SMARTS) is 1. The summed E-state index contributed by atoms with van der Waals surface area (Å²) in [4.78, 5) is 18.9. The maximum Gasteiger partial charge on any atom is 0.354 e. The molecule has 0 radical (unpaired) electrons. The van der Waals surface area contributed by atoms with E-state index in [2.05, 4.69) is 25.9 Å². The Morgan fingerprint density at radius 1 is 1.39 bits per heavy atom. The quantitative estimate of drug-likeness (QED) is 0.937. The van der Waals surface area contributed by atoms with Gasteiger partial charge in [0, 0.05) is 21.8 Å². The van der Waals surface area contributed by atoms with Gasteiger partial charge in [0.1, 0.15) is 10.7 Å². The highest BCUT2D eigenvalue weighted by molar-refractivity contribution is 9.10. The molecule has 0 aliphatic heterocycles. The largest absolute Gasteiger partial charge is 0.477 e. The first-order valence-corrected chi connectivity index (χ1v) is 6.35. The van der Waals surface area contributed by atoms with Gasteiger partial charge in [-0.25, -0.2) is 19.2 Å². The van der Waals surface area contributed by atoms with Crippen molar-refractivity contribution in [3.63, 3.8) is 0 Å². The van der Waals surface area contributed by atoms with Gasteiger partial charge in [-0.3, -0.25) is 0 Å². The van der Waals surface area contributed by atoms with Crippen molar-refractivity contribution in [1.29, 1.82) is 0 Å². The van der Waals surface area contributed by atoms with Gasteiger partial charge in [-0.15, -0.1) is 0 Å². The van der Waals surface area contributed by atoms with E-state index in [1.165, 1.54) is 24.5 Å². The lowest BCUT2D eigenvalue weighted by Crippen LogP contribution is -1.99. The molecule has 0 spiro atoms. The predicted octanol–water partition coefficient (Wildman–Crippen LogP) is 3.23. The van der Waals surface area contributed by atoms with E-state index in [-0.39, 0.29) is 10.7 Å². The molecule has 92 valence electrons. The molecule has 2 aromatic heterocycles. The third-order valence-electron chi connectivity index (χ3n) is 1.94. The van der Waals surface area contributed by atoms with Gasteiger partial charge in [-0.2, -0.15) is 0 Å². The van der Waals surface area contributed by atoms with Crippen molar-refractivity contribution >= 4 is 33.7 Å². The first-order chi connectivity index (χ1) is 8.56. The maximum absolute atomic E-state index is 13.5. The molecule has 4 nitrogen and oxygen atoms in total. The molecular weight excluding hydrogens is 323 g/mol. The molecule has 7 heteroatoms. The van der Waals surface area contributed by atoms with Crippen LogP contribution in [-0.2, 0) is 0 Å². The lowest BCUT2D eigenvalue weighted by Gasteiger charge is -2.03. The Morgan fingerprint density at radius 3 is 2.83 bits per heavy atom. The SMILES string of the molecule is O=C(O)c1cc(Sc2ncc(Br)cc2F)ccn1. The minimum Gasteiger partial charge on any atom is -0.477 e. The van der Waals surface area contributed by atoms with Crippen LogP contribution in [0.15, 0.2) is 45.0 Å². The van der Waals surface area contributed by atoms with Gasteiger partial charge in [0.15, 0.2) is 5.82 Å². The van der Waals surface area contributed by atoms with Crippen LogP contribution in [0.5, 0.6) is 0 Å². The first-order valence-electron chi connectivity index (χ1n) is 4.74. The van der Waals surface area contributed by atoms with E-state index >= 15 is 0 Å². The van der Waals surface area contributed by atoms with Crippen molar-refractivity contribution in [2.45, 2.75) is 9.92 Å². The van der Waals surface area contributed by atoms with E-state index in [9.17, 15) is 9.18 Å². The minimum atomic E-state index is -1.12. The second-order valence-corrected chi connectivity index (χ2v) is 5.20. The summed E-state index contributed by atoms with van der Waals surface area (Å²) in [7, 11) is 0. The molecule has 2 heterocycles. The number of pyridine rings is 2. The summed E-state index contributed by atoms with van der Waals surface area (Å²) in [5, 5.41) is 8.98. The molecule has 18 heavy (non-hydrogen) atoms. The van der Waals surface area contributed by atoms with Gasteiger partial charge < -0.3 is 5.11 Å². The van der Waals surface area contributed by atoms with Crippen molar-refractivity contribution < 1.29 is 14.3 Å². The fourth-order valence-electron chi connectivity index (χ4n) is 1.18. The molecule has 0 unspecified atom stereocenters. The van der Waals surface area contributed by atoms with Crippen molar-refractivity contribution in [2.24, 2.45) is 0 Å². The molecular formula is C11H6BrFN2O2S. The molecule has 0 fully saturated rings. The van der Waals surface area contributed by atoms with E-state index < -0.39 is 11.8 Å². The van der Waals surface area contributed by atoms with E-state index in [1.807, 2.05) is 0 Å². The highest BCUT2D eigenvalue weighted by atomic mass is 79.9. The zero-order valence-electron chi connectivity index (χ0n) is 8.80. The number of aromatic carboxylic acids is 1. The monoisotopic (exact) mass is 328 g/mol. The third-order valence-corrected chi connectivity index (χ3v) is 3.36. The number of rotatable bonds is 3. The van der Waals surface area contributed by atoms with Crippen molar-refractivity contribution in [1.82, 2.24) is 9.97 Å². The molecule has 1 N–H and O–H groups in total. The fourth-order valence-corrected chi connectivity index (χ4v) is 2.27. The molecule has 0 saturated heterocycles. The molecule has 0 aromatic carbocycles. The second kappa shape index (κ2) is 5.45. The summed E-state index contributed by atoms with van der Waals surface area (Å²) in [6, 6.07) is 4.27. The van der Waals surface area contributed by atoms with E-state index in [0.717, 1.165) is 11.8 Å². The lowest BCUT2D eigenvalue weighted by molar-refractivity contribution is 0.0690. The van der Waals surface area contributed by atoms with E-state index in [0.29, 0.717) is 9.37 Å². The van der Waals surface area contributed by atoms with Gasteiger partial charge in [-0.1, -0.05) is 11.8 Å². The third kappa shape index (κ3) is 3.05. The summed E-state index contributed by atoms with van der Waals surface area (Å²) < 4.78 is 14.1. The van der Waals surface area contributed by atoms with Crippen LogP contribution in [0.3, 0.4) is 0 Å². The topological polar surface area (TPSA) is 63.1 Å². The Balaban J connectivity index is 2.28. The number of halogens is 2. The molecule has 2 aromatic rings. The molecule has 0 aliphatic carbocycles. The Hall–Kier alpha value is -1.47. The van der Waals surface area contributed by atoms with Crippen LogP contribution in [-0.4, -0.2) is 21.0 Å². The summed E-state index contributed by atoms with van der Waals surface area (Å²) in [6.07, 6.45) is 2.84. The van der Waals surface area contributed by atoms with E-state index in [1.54, 1.807) is 6.07 Å². The smallest absolute Gasteiger partial charge is 0.354 e. The van der Waals surface area contributed by atoms with Crippen molar-refractivity contribution in [2.75, 3.05) is 0 Å². The van der Waals surface area contributed by atoms with Crippen LogP contribution in [0.4, 0.5) is 4.39 Å². The number of hydrogen-bond acceptors (Lipinski definition) is 4. The molecule has 0 aliphatic rings. The predicted molar refractivity (Wildman–Crippen MR) is 67.2 cm³/mol. The number of carbonyl (C=O) groups is 1. The van der Waals surface area contributed by atoms with Gasteiger partial charge >= 0.3 is 5.97 Å². The molecule has 2 rings (SSSR count). The highest BCUT2D eigenvalue weighted by Gasteiger charge is 2.09. The summed E-state index contributed by atoms with van der Waals surface area (Å²) in [5.74, 6) is -1.59.